The molecule has 0 radical (unpaired) electrons. The number of hydrogen-bond donors (Lipinski definition) is 1. The Labute approximate surface area is 84.4 Å². The quantitative estimate of drug-likeness (QED) is 0.724. The number of carbonyl (C=O) groups excluding carboxylic acids is 1. The molecule has 0 aliphatic rings. The van der Waals surface area contributed by atoms with E-state index in [0.717, 1.165) is 18.4 Å². The monoisotopic (exact) mass is 189 g/mol. The Kier molecular flexibility index (Phi) is 3.92. The maximum atomic E-state index is 10.6. The van der Waals surface area contributed by atoms with Crippen molar-refractivity contribution in [2.45, 2.75) is 19.8 Å². The van der Waals surface area contributed by atoms with E-state index < -0.39 is 0 Å². The number of amides is 1. The fraction of sp³-hybridized carbons (Fsp3) is 0.250. The molecule has 0 aliphatic carbocycles. The van der Waals surface area contributed by atoms with Crippen LogP contribution in [0.5, 0.6) is 0 Å². The first-order chi connectivity index (χ1) is 6.68. The smallest absolute Gasteiger partial charge is 0.241 e. The van der Waals surface area contributed by atoms with Crippen molar-refractivity contribution in [3.8, 4) is 0 Å². The maximum absolute atomic E-state index is 10.6. The first kappa shape index (κ1) is 10.5. The normalized spacial score (nSPS) is 11.4. The third kappa shape index (κ3) is 3.90. The highest BCUT2D eigenvalue weighted by atomic mass is 16.1. The van der Waals surface area contributed by atoms with Gasteiger partial charge >= 0.3 is 0 Å². The van der Waals surface area contributed by atoms with Crippen LogP contribution in [0.4, 0.5) is 0 Å². The minimum Gasteiger partial charge on any atom is -0.366 e. The molecule has 2 N–H and O–H groups in total. The summed E-state index contributed by atoms with van der Waals surface area (Å²) in [4.78, 5) is 10.6. The molecule has 1 amide bonds. The molecule has 0 saturated heterocycles. The van der Waals surface area contributed by atoms with E-state index >= 15 is 0 Å². The highest BCUT2D eigenvalue weighted by Crippen LogP contribution is 2.07. The molecule has 0 bridgehead atoms. The van der Waals surface area contributed by atoms with Crippen LogP contribution in [-0.4, -0.2) is 5.91 Å². The lowest BCUT2D eigenvalue weighted by Gasteiger charge is -2.00. The number of allylic oxidation sites excluding steroid dienone is 1. The summed E-state index contributed by atoms with van der Waals surface area (Å²) in [5.41, 5.74) is 7.36. The predicted molar refractivity (Wildman–Crippen MR) is 57.7 cm³/mol. The van der Waals surface area contributed by atoms with Crippen LogP contribution in [0.3, 0.4) is 0 Å². The molecule has 0 aliphatic heterocycles. The Bertz CT molecular complexity index is 327. The number of carbonyl (C=O) groups is 1. The van der Waals surface area contributed by atoms with Crippen LogP contribution in [0, 0.1) is 0 Å². The van der Waals surface area contributed by atoms with Crippen molar-refractivity contribution in [1.82, 2.24) is 0 Å². The fourth-order valence-corrected chi connectivity index (χ4v) is 1.30. The largest absolute Gasteiger partial charge is 0.366 e. The number of benzene rings is 1. The molecule has 0 unspecified atom stereocenters. The van der Waals surface area contributed by atoms with Crippen LogP contribution in [0.2, 0.25) is 0 Å². The van der Waals surface area contributed by atoms with E-state index in [0.29, 0.717) is 0 Å². The summed E-state index contributed by atoms with van der Waals surface area (Å²) in [6.07, 6.45) is 3.33. The Balaban J connectivity index is 2.45. The molecule has 0 heterocycles. The van der Waals surface area contributed by atoms with Crippen molar-refractivity contribution in [3.63, 3.8) is 0 Å². The van der Waals surface area contributed by atoms with Gasteiger partial charge in [0.1, 0.15) is 0 Å². The second-order valence-corrected chi connectivity index (χ2v) is 3.38. The van der Waals surface area contributed by atoms with Crippen LogP contribution in [0.15, 0.2) is 42.0 Å². The maximum Gasteiger partial charge on any atom is 0.241 e. The minimum atomic E-state index is -0.365. The van der Waals surface area contributed by atoms with Crippen molar-refractivity contribution in [3.05, 3.63) is 47.5 Å². The number of hydrogen-bond acceptors (Lipinski definition) is 1. The van der Waals surface area contributed by atoms with Crippen molar-refractivity contribution in [2.24, 2.45) is 5.73 Å². The molecule has 0 aromatic heterocycles. The number of primary amides is 1. The molecule has 1 rings (SSSR count). The summed E-state index contributed by atoms with van der Waals surface area (Å²) in [5, 5.41) is 0. The van der Waals surface area contributed by atoms with Gasteiger partial charge in [-0.2, -0.15) is 0 Å². The lowest BCUT2D eigenvalue weighted by atomic mass is 10.1. The molecule has 2 heteroatoms. The summed E-state index contributed by atoms with van der Waals surface area (Å²) in [6.45, 7) is 1.92. The van der Waals surface area contributed by atoms with Crippen molar-refractivity contribution in [1.29, 1.82) is 0 Å². The second-order valence-electron chi connectivity index (χ2n) is 3.38. The minimum absolute atomic E-state index is 0.365. The molecule has 1 aromatic rings. The third-order valence-corrected chi connectivity index (χ3v) is 2.04. The van der Waals surface area contributed by atoms with Gasteiger partial charge in [0.25, 0.3) is 0 Å². The Morgan fingerprint density at radius 1 is 1.36 bits per heavy atom. The molecular weight excluding hydrogens is 174 g/mol. The van der Waals surface area contributed by atoms with E-state index in [9.17, 15) is 4.79 Å². The summed E-state index contributed by atoms with van der Waals surface area (Å²) >= 11 is 0. The molecule has 0 atom stereocenters. The lowest BCUT2D eigenvalue weighted by Crippen LogP contribution is -2.06. The molecule has 2 nitrogen and oxygen atoms in total. The van der Waals surface area contributed by atoms with Gasteiger partial charge in [0, 0.05) is 6.08 Å². The molecule has 14 heavy (non-hydrogen) atoms. The first-order valence-corrected chi connectivity index (χ1v) is 4.69. The standard InChI is InChI=1S/C12H15NO/c1-10(9-12(13)14)7-8-11-5-3-2-4-6-11/h2-6,9H,7-8H2,1H3,(H2,13,14)/b10-9-. The van der Waals surface area contributed by atoms with Crippen LogP contribution in [0.1, 0.15) is 18.9 Å². The van der Waals surface area contributed by atoms with E-state index in [-0.39, 0.29) is 5.91 Å². The zero-order chi connectivity index (χ0) is 10.4. The van der Waals surface area contributed by atoms with E-state index in [4.69, 9.17) is 5.73 Å². The Hall–Kier alpha value is -1.57. The van der Waals surface area contributed by atoms with E-state index in [1.54, 1.807) is 0 Å². The van der Waals surface area contributed by atoms with E-state index in [1.165, 1.54) is 11.6 Å². The highest BCUT2D eigenvalue weighted by Gasteiger charge is 1.95. The molecule has 0 spiro atoms. The topological polar surface area (TPSA) is 43.1 Å². The summed E-state index contributed by atoms with van der Waals surface area (Å²) in [6, 6.07) is 10.2. The predicted octanol–water partition coefficient (Wildman–Crippen LogP) is 2.05. The second kappa shape index (κ2) is 5.22. The summed E-state index contributed by atoms with van der Waals surface area (Å²) in [7, 11) is 0. The summed E-state index contributed by atoms with van der Waals surface area (Å²) in [5.74, 6) is -0.365. The Morgan fingerprint density at radius 2 is 2.00 bits per heavy atom. The van der Waals surface area contributed by atoms with Gasteiger partial charge in [-0.05, 0) is 25.3 Å². The number of aryl methyl sites for hydroxylation is 1. The van der Waals surface area contributed by atoms with Crippen molar-refractivity contribution < 1.29 is 4.79 Å². The lowest BCUT2D eigenvalue weighted by molar-refractivity contribution is -0.113. The van der Waals surface area contributed by atoms with Gasteiger partial charge in [0.15, 0.2) is 0 Å². The average Bonchev–Trinajstić information content (AvgIpc) is 2.15. The van der Waals surface area contributed by atoms with E-state index in [1.807, 2.05) is 25.1 Å². The van der Waals surface area contributed by atoms with Gasteiger partial charge < -0.3 is 5.73 Å². The van der Waals surface area contributed by atoms with Crippen molar-refractivity contribution in [2.75, 3.05) is 0 Å². The number of nitrogens with two attached hydrogens (primary N) is 1. The fourth-order valence-electron chi connectivity index (χ4n) is 1.30. The third-order valence-electron chi connectivity index (χ3n) is 2.04. The molecule has 0 saturated carbocycles. The van der Waals surface area contributed by atoms with Crippen LogP contribution in [0.25, 0.3) is 0 Å². The van der Waals surface area contributed by atoms with Crippen LogP contribution >= 0.6 is 0 Å². The molecular formula is C12H15NO. The zero-order valence-electron chi connectivity index (χ0n) is 8.36. The van der Waals surface area contributed by atoms with Crippen LogP contribution in [-0.2, 0) is 11.2 Å². The van der Waals surface area contributed by atoms with Gasteiger partial charge in [0.05, 0.1) is 0 Å². The van der Waals surface area contributed by atoms with E-state index in [2.05, 4.69) is 12.1 Å². The van der Waals surface area contributed by atoms with Gasteiger partial charge in [-0.25, -0.2) is 0 Å². The molecule has 74 valence electrons. The zero-order valence-corrected chi connectivity index (χ0v) is 8.36. The van der Waals surface area contributed by atoms with Gasteiger partial charge in [0.2, 0.25) is 5.91 Å². The van der Waals surface area contributed by atoms with Gasteiger partial charge in [-0.15, -0.1) is 0 Å². The van der Waals surface area contributed by atoms with Gasteiger partial charge in [-0.1, -0.05) is 35.9 Å². The Morgan fingerprint density at radius 3 is 2.57 bits per heavy atom. The van der Waals surface area contributed by atoms with Crippen molar-refractivity contribution >= 4 is 5.91 Å². The average molecular weight is 189 g/mol. The summed E-state index contributed by atoms with van der Waals surface area (Å²) < 4.78 is 0. The first-order valence-electron chi connectivity index (χ1n) is 4.69. The van der Waals surface area contributed by atoms with Crippen LogP contribution < -0.4 is 5.73 Å². The molecule has 1 aromatic carbocycles. The van der Waals surface area contributed by atoms with Gasteiger partial charge in [-0.3, -0.25) is 4.79 Å². The molecule has 0 fully saturated rings. The SMILES string of the molecule is C/C(=C/C(N)=O)CCc1ccccc1. The highest BCUT2D eigenvalue weighted by molar-refractivity contribution is 5.86. The number of rotatable bonds is 4.